The van der Waals surface area contributed by atoms with Gasteiger partial charge in [0.05, 0.1) is 14.6 Å². The molecule has 102 valence electrons. The first-order chi connectivity index (χ1) is 9.04. The van der Waals surface area contributed by atoms with Gasteiger partial charge in [-0.1, -0.05) is 0 Å². The third kappa shape index (κ3) is 2.43. The van der Waals surface area contributed by atoms with Gasteiger partial charge in [-0.3, -0.25) is 0 Å². The molecule has 1 aliphatic rings. The number of rotatable bonds is 2. The van der Waals surface area contributed by atoms with Gasteiger partial charge >= 0.3 is 0 Å². The summed E-state index contributed by atoms with van der Waals surface area (Å²) in [5.41, 5.74) is 7.55. The SMILES string of the molecule is CN1CCC(Cn2c(N)nc3cc(I)c(F)cc32)C1. The van der Waals surface area contributed by atoms with Crippen LogP contribution in [0.5, 0.6) is 0 Å². The molecule has 6 heteroatoms. The minimum atomic E-state index is -0.210. The summed E-state index contributed by atoms with van der Waals surface area (Å²) >= 11 is 1.97. The van der Waals surface area contributed by atoms with Crippen LogP contribution in [0.4, 0.5) is 10.3 Å². The summed E-state index contributed by atoms with van der Waals surface area (Å²) in [6, 6.07) is 3.29. The van der Waals surface area contributed by atoms with E-state index >= 15 is 0 Å². The van der Waals surface area contributed by atoms with Crippen LogP contribution in [0.2, 0.25) is 0 Å². The van der Waals surface area contributed by atoms with E-state index in [2.05, 4.69) is 16.9 Å². The van der Waals surface area contributed by atoms with Gasteiger partial charge in [0.25, 0.3) is 0 Å². The average Bonchev–Trinajstić information content (AvgIpc) is 2.87. The fourth-order valence-corrected chi connectivity index (χ4v) is 3.21. The molecule has 4 nitrogen and oxygen atoms in total. The molecule has 1 aliphatic heterocycles. The second kappa shape index (κ2) is 4.90. The predicted molar refractivity (Wildman–Crippen MR) is 82.4 cm³/mol. The standard InChI is InChI=1S/C13H16FIN4/c1-18-3-2-8(6-18)7-19-12-4-9(14)10(15)5-11(12)17-13(19)16/h4-5,8H,2-3,6-7H2,1H3,(H2,16,17). The number of hydrogen-bond donors (Lipinski definition) is 1. The van der Waals surface area contributed by atoms with Crippen LogP contribution < -0.4 is 5.73 Å². The molecule has 0 saturated carbocycles. The summed E-state index contributed by atoms with van der Waals surface area (Å²) in [5.74, 6) is 0.829. The zero-order valence-electron chi connectivity index (χ0n) is 10.7. The molecule has 2 N–H and O–H groups in total. The van der Waals surface area contributed by atoms with Crippen LogP contribution in [-0.2, 0) is 6.54 Å². The second-order valence-corrected chi connectivity index (χ2v) is 6.41. The normalized spacial score (nSPS) is 20.5. The van der Waals surface area contributed by atoms with Crippen molar-refractivity contribution < 1.29 is 4.39 Å². The Bertz CT molecular complexity index is 625. The zero-order chi connectivity index (χ0) is 13.6. The van der Waals surface area contributed by atoms with Gasteiger partial charge in [-0.15, -0.1) is 0 Å². The van der Waals surface area contributed by atoms with Crippen LogP contribution in [0.3, 0.4) is 0 Å². The first kappa shape index (κ1) is 13.1. The lowest BCUT2D eigenvalue weighted by Crippen LogP contribution is -2.18. The Hall–Kier alpha value is -0.890. The molecule has 0 amide bonds. The van der Waals surface area contributed by atoms with E-state index in [-0.39, 0.29) is 5.82 Å². The van der Waals surface area contributed by atoms with Crippen molar-refractivity contribution in [3.8, 4) is 0 Å². The molecule has 19 heavy (non-hydrogen) atoms. The summed E-state index contributed by atoms with van der Waals surface area (Å²) in [5, 5.41) is 0. The minimum absolute atomic E-state index is 0.210. The first-order valence-corrected chi connectivity index (χ1v) is 7.42. The number of imidazole rings is 1. The van der Waals surface area contributed by atoms with E-state index in [4.69, 9.17) is 5.73 Å². The van der Waals surface area contributed by atoms with Gasteiger partial charge in [0.1, 0.15) is 5.82 Å². The van der Waals surface area contributed by atoms with E-state index in [1.165, 1.54) is 0 Å². The number of hydrogen-bond acceptors (Lipinski definition) is 3. The molecule has 0 radical (unpaired) electrons. The molecule has 3 rings (SSSR count). The van der Waals surface area contributed by atoms with Crippen LogP contribution in [0.25, 0.3) is 11.0 Å². The lowest BCUT2D eigenvalue weighted by molar-refractivity contribution is 0.380. The summed E-state index contributed by atoms with van der Waals surface area (Å²) in [4.78, 5) is 6.64. The van der Waals surface area contributed by atoms with Crippen molar-refractivity contribution in [1.82, 2.24) is 14.5 Å². The van der Waals surface area contributed by atoms with Crippen LogP contribution >= 0.6 is 22.6 Å². The Balaban J connectivity index is 1.98. The number of nitrogens with zero attached hydrogens (tertiary/aromatic N) is 3. The largest absolute Gasteiger partial charge is 0.369 e. The zero-order valence-corrected chi connectivity index (χ0v) is 12.9. The van der Waals surface area contributed by atoms with Gasteiger partial charge in [-0.05, 0) is 54.6 Å². The van der Waals surface area contributed by atoms with Crippen molar-refractivity contribution in [3.05, 3.63) is 21.5 Å². The lowest BCUT2D eigenvalue weighted by Gasteiger charge is -2.13. The topological polar surface area (TPSA) is 47.1 Å². The molecule has 1 unspecified atom stereocenters. The smallest absolute Gasteiger partial charge is 0.201 e. The van der Waals surface area contributed by atoms with Gasteiger partial charge in [-0.2, -0.15) is 0 Å². The Morgan fingerprint density at radius 1 is 1.53 bits per heavy atom. The molecule has 1 atom stereocenters. The van der Waals surface area contributed by atoms with Crippen molar-refractivity contribution in [1.29, 1.82) is 0 Å². The van der Waals surface area contributed by atoms with Gasteiger partial charge < -0.3 is 15.2 Å². The van der Waals surface area contributed by atoms with Gasteiger partial charge in [0, 0.05) is 19.2 Å². The van der Waals surface area contributed by atoms with E-state index in [1.807, 2.05) is 27.2 Å². The predicted octanol–water partition coefficient (Wildman–Crippen LogP) is 2.31. The van der Waals surface area contributed by atoms with E-state index in [0.717, 1.165) is 37.1 Å². The highest BCUT2D eigenvalue weighted by atomic mass is 127. The summed E-state index contributed by atoms with van der Waals surface area (Å²) in [6.45, 7) is 2.99. The molecule has 0 aliphatic carbocycles. The van der Waals surface area contributed by atoms with Crippen molar-refractivity contribution >= 4 is 39.6 Å². The molecule has 1 aromatic heterocycles. The van der Waals surface area contributed by atoms with E-state index in [1.54, 1.807) is 12.1 Å². The Morgan fingerprint density at radius 2 is 2.32 bits per heavy atom. The maximum absolute atomic E-state index is 13.7. The number of likely N-dealkylation sites (tertiary alicyclic amines) is 1. The third-order valence-electron chi connectivity index (χ3n) is 3.75. The molecule has 0 spiro atoms. The van der Waals surface area contributed by atoms with Crippen LogP contribution in [0, 0.1) is 15.3 Å². The van der Waals surface area contributed by atoms with Crippen LogP contribution in [0.1, 0.15) is 6.42 Å². The highest BCUT2D eigenvalue weighted by Gasteiger charge is 2.22. The number of benzene rings is 1. The number of fused-ring (bicyclic) bond motifs is 1. The first-order valence-electron chi connectivity index (χ1n) is 6.34. The Morgan fingerprint density at radius 3 is 3.00 bits per heavy atom. The molecule has 1 fully saturated rings. The molecule has 2 heterocycles. The van der Waals surface area contributed by atoms with Crippen molar-refractivity contribution in [2.24, 2.45) is 5.92 Å². The maximum Gasteiger partial charge on any atom is 0.201 e. The number of halogens is 2. The summed E-state index contributed by atoms with van der Waals surface area (Å²) in [6.07, 6.45) is 1.16. The highest BCUT2D eigenvalue weighted by Crippen LogP contribution is 2.25. The van der Waals surface area contributed by atoms with Crippen LogP contribution in [0.15, 0.2) is 12.1 Å². The molecular formula is C13H16FIN4. The highest BCUT2D eigenvalue weighted by molar-refractivity contribution is 14.1. The average molecular weight is 374 g/mol. The number of nitrogens with two attached hydrogens (primary N) is 1. The maximum atomic E-state index is 13.7. The van der Waals surface area contributed by atoms with Gasteiger partial charge in [-0.25, -0.2) is 9.37 Å². The molecule has 1 aromatic carbocycles. The van der Waals surface area contributed by atoms with Crippen molar-refractivity contribution in [3.63, 3.8) is 0 Å². The van der Waals surface area contributed by atoms with Crippen molar-refractivity contribution in [2.45, 2.75) is 13.0 Å². The van der Waals surface area contributed by atoms with E-state index < -0.39 is 0 Å². The van der Waals surface area contributed by atoms with E-state index in [0.29, 0.717) is 15.4 Å². The van der Waals surface area contributed by atoms with Gasteiger partial charge in [0.2, 0.25) is 5.95 Å². The van der Waals surface area contributed by atoms with Crippen LogP contribution in [-0.4, -0.2) is 34.6 Å². The summed E-state index contributed by atoms with van der Waals surface area (Å²) in [7, 11) is 2.12. The molecule has 2 aromatic rings. The summed E-state index contributed by atoms with van der Waals surface area (Å²) < 4.78 is 16.2. The fraction of sp³-hybridized carbons (Fsp3) is 0.462. The number of nitrogen functional groups attached to an aromatic ring is 1. The third-order valence-corrected chi connectivity index (χ3v) is 4.58. The van der Waals surface area contributed by atoms with Gasteiger partial charge in [0.15, 0.2) is 0 Å². The molecule has 0 bridgehead atoms. The Labute approximate surface area is 124 Å². The monoisotopic (exact) mass is 374 g/mol. The Kier molecular flexibility index (Phi) is 3.38. The fourth-order valence-electron chi connectivity index (χ4n) is 2.76. The lowest BCUT2D eigenvalue weighted by atomic mass is 10.1. The quantitative estimate of drug-likeness (QED) is 0.821. The molecule has 1 saturated heterocycles. The second-order valence-electron chi connectivity index (χ2n) is 5.25. The van der Waals surface area contributed by atoms with E-state index in [9.17, 15) is 4.39 Å². The minimum Gasteiger partial charge on any atom is -0.369 e. The van der Waals surface area contributed by atoms with Crippen molar-refractivity contribution in [2.75, 3.05) is 25.9 Å². The molecular weight excluding hydrogens is 358 g/mol. The number of anilines is 1. The number of aromatic nitrogens is 2.